The first-order chi connectivity index (χ1) is 13.9. The van der Waals surface area contributed by atoms with Crippen LogP contribution in [0.2, 0.25) is 0 Å². The smallest absolute Gasteiger partial charge is 0.264 e. The largest absolute Gasteiger partial charge is 0.493 e. The van der Waals surface area contributed by atoms with E-state index in [1.807, 2.05) is 0 Å². The fraction of sp³-hybridized carbons (Fsp3) is 0.200. The van der Waals surface area contributed by atoms with Crippen molar-refractivity contribution in [3.8, 4) is 17.2 Å². The van der Waals surface area contributed by atoms with Gasteiger partial charge >= 0.3 is 0 Å². The SMILES string of the molecule is COc1cc(CC(=O)NS(=O)(=O)c2cccc3cnccc23)cc(OC)c1OC. The van der Waals surface area contributed by atoms with Crippen LogP contribution >= 0.6 is 0 Å². The third kappa shape index (κ3) is 4.24. The van der Waals surface area contributed by atoms with Crippen molar-refractivity contribution in [1.29, 1.82) is 0 Å². The minimum Gasteiger partial charge on any atom is -0.493 e. The van der Waals surface area contributed by atoms with Gasteiger partial charge in [0.25, 0.3) is 10.0 Å². The molecule has 0 fully saturated rings. The number of methoxy groups -OCH3 is 3. The van der Waals surface area contributed by atoms with Gasteiger partial charge in [-0.15, -0.1) is 0 Å². The summed E-state index contributed by atoms with van der Waals surface area (Å²) in [6.45, 7) is 0. The highest BCUT2D eigenvalue weighted by atomic mass is 32.2. The molecule has 0 unspecified atom stereocenters. The summed E-state index contributed by atoms with van der Waals surface area (Å²) in [5, 5.41) is 1.14. The molecule has 3 aromatic rings. The topological polar surface area (TPSA) is 104 Å². The predicted molar refractivity (Wildman–Crippen MR) is 107 cm³/mol. The molecule has 1 heterocycles. The van der Waals surface area contributed by atoms with Crippen LogP contribution in [-0.4, -0.2) is 40.6 Å². The number of nitrogens with one attached hydrogen (secondary N) is 1. The predicted octanol–water partition coefficient (Wildman–Crippen LogP) is 2.31. The average Bonchev–Trinajstić information content (AvgIpc) is 2.71. The molecule has 0 aliphatic carbocycles. The van der Waals surface area contributed by atoms with E-state index in [1.165, 1.54) is 33.6 Å². The lowest BCUT2D eigenvalue weighted by Gasteiger charge is -2.14. The normalized spacial score (nSPS) is 11.1. The number of nitrogens with zero attached hydrogens (tertiary/aromatic N) is 1. The summed E-state index contributed by atoms with van der Waals surface area (Å²) in [7, 11) is 0.325. The summed E-state index contributed by atoms with van der Waals surface area (Å²) >= 11 is 0. The Kier molecular flexibility index (Phi) is 5.88. The van der Waals surface area contributed by atoms with Gasteiger partial charge in [-0.3, -0.25) is 9.78 Å². The van der Waals surface area contributed by atoms with Crippen molar-refractivity contribution in [3.05, 3.63) is 54.4 Å². The maximum atomic E-state index is 12.8. The molecule has 3 rings (SSSR count). The zero-order valence-corrected chi connectivity index (χ0v) is 16.9. The quantitative estimate of drug-likeness (QED) is 0.630. The molecule has 0 radical (unpaired) electrons. The Morgan fingerprint density at radius 2 is 1.72 bits per heavy atom. The Morgan fingerprint density at radius 1 is 1.03 bits per heavy atom. The number of benzene rings is 2. The van der Waals surface area contributed by atoms with Crippen molar-refractivity contribution in [2.45, 2.75) is 11.3 Å². The van der Waals surface area contributed by atoms with Crippen molar-refractivity contribution in [3.63, 3.8) is 0 Å². The fourth-order valence-corrected chi connectivity index (χ4v) is 4.21. The second-order valence-electron chi connectivity index (χ2n) is 6.09. The molecule has 0 aliphatic heterocycles. The molecule has 8 nitrogen and oxygen atoms in total. The Hall–Kier alpha value is -3.33. The summed E-state index contributed by atoms with van der Waals surface area (Å²) in [5.74, 6) is 0.444. The lowest BCUT2D eigenvalue weighted by Crippen LogP contribution is -2.32. The average molecular weight is 416 g/mol. The summed E-state index contributed by atoms with van der Waals surface area (Å²) in [6, 6.07) is 9.57. The number of hydrogen-bond acceptors (Lipinski definition) is 7. The second kappa shape index (κ2) is 8.36. The minimum atomic E-state index is -4.06. The van der Waals surface area contributed by atoms with E-state index in [4.69, 9.17) is 14.2 Å². The first kappa shape index (κ1) is 20.4. The molecule has 0 atom stereocenters. The van der Waals surface area contributed by atoms with Gasteiger partial charge in [0, 0.05) is 23.2 Å². The zero-order chi connectivity index (χ0) is 21.0. The van der Waals surface area contributed by atoms with Crippen LogP contribution in [-0.2, 0) is 21.2 Å². The van der Waals surface area contributed by atoms with E-state index in [0.717, 1.165) is 0 Å². The molecule has 0 aliphatic rings. The number of aromatic nitrogens is 1. The Labute approximate surface area is 168 Å². The first-order valence-electron chi connectivity index (χ1n) is 8.57. The van der Waals surface area contributed by atoms with Gasteiger partial charge in [0.1, 0.15) is 0 Å². The van der Waals surface area contributed by atoms with Crippen molar-refractivity contribution >= 4 is 26.7 Å². The molecule has 0 saturated heterocycles. The zero-order valence-electron chi connectivity index (χ0n) is 16.1. The van der Waals surface area contributed by atoms with Crippen LogP contribution in [0.5, 0.6) is 17.2 Å². The molecule has 0 spiro atoms. The van der Waals surface area contributed by atoms with Crippen LogP contribution in [0.15, 0.2) is 53.7 Å². The maximum absolute atomic E-state index is 12.8. The van der Waals surface area contributed by atoms with Crippen molar-refractivity contribution in [2.75, 3.05) is 21.3 Å². The molecule has 1 amide bonds. The van der Waals surface area contributed by atoms with E-state index in [1.54, 1.807) is 36.5 Å². The molecule has 2 aromatic carbocycles. The van der Waals surface area contributed by atoms with Crippen LogP contribution in [0.4, 0.5) is 0 Å². The summed E-state index contributed by atoms with van der Waals surface area (Å²) < 4.78 is 43.4. The summed E-state index contributed by atoms with van der Waals surface area (Å²) in [5.41, 5.74) is 0.509. The van der Waals surface area contributed by atoms with Crippen LogP contribution in [0.3, 0.4) is 0 Å². The van der Waals surface area contributed by atoms with Gasteiger partial charge in [-0.25, -0.2) is 13.1 Å². The van der Waals surface area contributed by atoms with Crippen molar-refractivity contribution < 1.29 is 27.4 Å². The van der Waals surface area contributed by atoms with E-state index in [2.05, 4.69) is 9.71 Å². The van der Waals surface area contributed by atoms with Crippen molar-refractivity contribution in [1.82, 2.24) is 9.71 Å². The molecule has 1 aromatic heterocycles. The first-order valence-corrected chi connectivity index (χ1v) is 10.0. The minimum absolute atomic E-state index is 0.00985. The van der Waals surface area contributed by atoms with Crippen molar-refractivity contribution in [2.24, 2.45) is 0 Å². The number of carbonyl (C=O) groups excluding carboxylic acids is 1. The van der Waals surface area contributed by atoms with Crippen LogP contribution < -0.4 is 18.9 Å². The van der Waals surface area contributed by atoms with E-state index in [9.17, 15) is 13.2 Å². The highest BCUT2D eigenvalue weighted by molar-refractivity contribution is 7.90. The number of fused-ring (bicyclic) bond motifs is 1. The monoisotopic (exact) mass is 416 g/mol. The maximum Gasteiger partial charge on any atom is 0.264 e. The van der Waals surface area contributed by atoms with Crippen LogP contribution in [0.1, 0.15) is 5.56 Å². The molecular weight excluding hydrogens is 396 g/mol. The van der Waals surface area contributed by atoms with E-state index in [0.29, 0.717) is 33.6 Å². The number of pyridine rings is 1. The summed E-state index contributed by atoms with van der Waals surface area (Å²) in [6.07, 6.45) is 2.87. The van der Waals surface area contributed by atoms with E-state index in [-0.39, 0.29) is 11.3 Å². The third-order valence-corrected chi connectivity index (χ3v) is 5.70. The van der Waals surface area contributed by atoms with Gasteiger partial charge in [-0.05, 0) is 29.8 Å². The van der Waals surface area contributed by atoms with Gasteiger partial charge in [-0.2, -0.15) is 0 Å². The van der Waals surface area contributed by atoms with Crippen LogP contribution in [0, 0.1) is 0 Å². The lowest BCUT2D eigenvalue weighted by atomic mass is 10.1. The standard InChI is InChI=1S/C20H20N2O6S/c1-26-16-9-13(10-17(27-2)20(16)28-3)11-19(23)22-29(24,25)18-6-4-5-14-12-21-8-7-15(14)18/h4-10,12H,11H2,1-3H3,(H,22,23). The van der Waals surface area contributed by atoms with Gasteiger partial charge < -0.3 is 14.2 Å². The number of sulfonamides is 1. The van der Waals surface area contributed by atoms with Gasteiger partial charge in [-0.1, -0.05) is 12.1 Å². The Morgan fingerprint density at radius 3 is 2.34 bits per heavy atom. The highest BCUT2D eigenvalue weighted by Gasteiger charge is 2.21. The molecule has 0 saturated carbocycles. The number of ether oxygens (including phenoxy) is 3. The molecule has 0 bridgehead atoms. The van der Waals surface area contributed by atoms with Gasteiger partial charge in [0.05, 0.1) is 32.6 Å². The Balaban J connectivity index is 1.87. The third-order valence-electron chi connectivity index (χ3n) is 4.27. The van der Waals surface area contributed by atoms with Gasteiger partial charge in [0.15, 0.2) is 11.5 Å². The molecule has 1 N–H and O–H groups in total. The fourth-order valence-electron chi connectivity index (χ4n) is 2.99. The highest BCUT2D eigenvalue weighted by Crippen LogP contribution is 2.38. The molecule has 152 valence electrons. The van der Waals surface area contributed by atoms with E-state index >= 15 is 0 Å². The van der Waals surface area contributed by atoms with E-state index < -0.39 is 15.9 Å². The Bertz CT molecular complexity index is 1130. The number of rotatable bonds is 7. The van der Waals surface area contributed by atoms with Gasteiger partial charge in [0.2, 0.25) is 11.7 Å². The lowest BCUT2D eigenvalue weighted by molar-refractivity contribution is -0.118. The molecule has 29 heavy (non-hydrogen) atoms. The number of hydrogen-bond donors (Lipinski definition) is 1. The number of amides is 1. The number of carbonyl (C=O) groups is 1. The molecule has 9 heteroatoms. The summed E-state index contributed by atoms with van der Waals surface area (Å²) in [4.78, 5) is 16.5. The van der Waals surface area contributed by atoms with Crippen LogP contribution in [0.25, 0.3) is 10.8 Å². The molecular formula is C20H20N2O6S. The second-order valence-corrected chi connectivity index (χ2v) is 7.74.